The number of aliphatic imine (C=N–C) groups is 1. The van der Waals surface area contributed by atoms with Gasteiger partial charge in [-0.05, 0) is 47.7 Å². The quantitative estimate of drug-likeness (QED) is 0.632. The third kappa shape index (κ3) is 1.92. The molecule has 4 heteroatoms. The summed E-state index contributed by atoms with van der Waals surface area (Å²) in [5.74, 6) is 0.781. The Balaban J connectivity index is 2.58. The van der Waals surface area contributed by atoms with E-state index in [0.717, 1.165) is 40.6 Å². The Labute approximate surface area is 109 Å². The van der Waals surface area contributed by atoms with Crippen LogP contribution in [0.5, 0.6) is 5.75 Å². The number of carbonyl (C=O) groups excluding carboxylic acids is 1. The number of nitrogens with zero attached hydrogens (tertiary/aromatic N) is 1. The largest absolute Gasteiger partial charge is 0.495 e. The molecule has 3 nitrogen and oxygen atoms in total. The Kier molecular flexibility index (Phi) is 3.36. The average molecular weight is 296 g/mol. The van der Waals surface area contributed by atoms with E-state index in [9.17, 15) is 4.79 Å². The van der Waals surface area contributed by atoms with Gasteiger partial charge in [-0.2, -0.15) is 4.99 Å². The number of benzene rings is 1. The van der Waals surface area contributed by atoms with E-state index in [4.69, 9.17) is 4.74 Å². The van der Waals surface area contributed by atoms with Gasteiger partial charge in [0, 0.05) is 5.56 Å². The number of aryl methyl sites for hydroxylation is 1. The lowest BCUT2D eigenvalue weighted by molar-refractivity contribution is 0.245. The number of ether oxygens (including phenoxy) is 1. The van der Waals surface area contributed by atoms with Crippen LogP contribution in [0, 0.1) is 6.92 Å². The van der Waals surface area contributed by atoms with Gasteiger partial charge in [0.15, 0.2) is 0 Å². The molecule has 0 amide bonds. The molecule has 1 saturated carbocycles. The molecule has 0 radical (unpaired) electrons. The van der Waals surface area contributed by atoms with Crippen LogP contribution in [0.15, 0.2) is 21.6 Å². The van der Waals surface area contributed by atoms with Gasteiger partial charge >= 0.3 is 0 Å². The zero-order valence-electron chi connectivity index (χ0n) is 9.92. The highest BCUT2D eigenvalue weighted by Crippen LogP contribution is 2.50. The minimum atomic E-state index is -0.413. The van der Waals surface area contributed by atoms with E-state index in [1.165, 1.54) is 0 Å². The fourth-order valence-corrected chi connectivity index (χ4v) is 2.77. The lowest BCUT2D eigenvalue weighted by Gasteiger charge is -2.38. The SMILES string of the molecule is COc1c(C2(N=C=O)CCC2)ccc(C)c1Br. The van der Waals surface area contributed by atoms with Crippen molar-refractivity contribution in [1.29, 1.82) is 0 Å². The molecule has 17 heavy (non-hydrogen) atoms. The molecule has 0 unspecified atom stereocenters. The van der Waals surface area contributed by atoms with Crippen molar-refractivity contribution in [3.63, 3.8) is 0 Å². The lowest BCUT2D eigenvalue weighted by Crippen LogP contribution is -2.32. The molecule has 1 fully saturated rings. The molecule has 90 valence electrons. The first-order valence-electron chi connectivity index (χ1n) is 5.57. The fourth-order valence-electron chi connectivity index (χ4n) is 2.26. The van der Waals surface area contributed by atoms with Crippen molar-refractivity contribution < 1.29 is 9.53 Å². The summed E-state index contributed by atoms with van der Waals surface area (Å²) in [7, 11) is 1.64. The first kappa shape index (κ1) is 12.3. The maximum absolute atomic E-state index is 10.6. The van der Waals surface area contributed by atoms with Crippen LogP contribution in [0.1, 0.15) is 30.4 Å². The molecule has 0 bridgehead atoms. The van der Waals surface area contributed by atoms with E-state index in [0.29, 0.717) is 0 Å². The molecule has 0 atom stereocenters. The van der Waals surface area contributed by atoms with Gasteiger partial charge in [-0.1, -0.05) is 12.1 Å². The molecular formula is C13H14BrNO2. The number of rotatable bonds is 3. The molecule has 0 N–H and O–H groups in total. The number of halogens is 1. The van der Waals surface area contributed by atoms with Crippen molar-refractivity contribution in [2.24, 2.45) is 4.99 Å². The van der Waals surface area contributed by atoms with Gasteiger partial charge in [-0.15, -0.1) is 0 Å². The Morgan fingerprint density at radius 2 is 2.18 bits per heavy atom. The number of hydrogen-bond acceptors (Lipinski definition) is 3. The third-order valence-corrected chi connectivity index (χ3v) is 4.42. The summed E-state index contributed by atoms with van der Waals surface area (Å²) in [5.41, 5.74) is 1.67. The van der Waals surface area contributed by atoms with Gasteiger partial charge < -0.3 is 4.74 Å². The molecule has 2 rings (SSSR count). The van der Waals surface area contributed by atoms with Crippen molar-refractivity contribution in [2.75, 3.05) is 7.11 Å². The fraction of sp³-hybridized carbons (Fsp3) is 0.462. The van der Waals surface area contributed by atoms with Crippen LogP contribution in [-0.2, 0) is 10.3 Å². The molecule has 0 spiro atoms. The number of methoxy groups -OCH3 is 1. The van der Waals surface area contributed by atoms with Gasteiger partial charge in [0.1, 0.15) is 11.3 Å². The third-order valence-electron chi connectivity index (χ3n) is 3.44. The molecule has 1 aliphatic rings. The van der Waals surface area contributed by atoms with Crippen molar-refractivity contribution >= 4 is 22.0 Å². The van der Waals surface area contributed by atoms with E-state index in [1.54, 1.807) is 13.2 Å². The zero-order valence-corrected chi connectivity index (χ0v) is 11.5. The molecule has 0 heterocycles. The Morgan fingerprint density at radius 3 is 2.65 bits per heavy atom. The Bertz CT molecular complexity index is 488. The van der Waals surface area contributed by atoms with Crippen molar-refractivity contribution in [1.82, 2.24) is 0 Å². The van der Waals surface area contributed by atoms with Crippen LogP contribution in [0.3, 0.4) is 0 Å². The second-order valence-electron chi connectivity index (χ2n) is 4.37. The van der Waals surface area contributed by atoms with E-state index < -0.39 is 5.54 Å². The van der Waals surface area contributed by atoms with Crippen molar-refractivity contribution in [2.45, 2.75) is 31.7 Å². The Hall–Kier alpha value is -1.12. The number of hydrogen-bond donors (Lipinski definition) is 0. The summed E-state index contributed by atoms with van der Waals surface area (Å²) in [6.45, 7) is 2.01. The Morgan fingerprint density at radius 1 is 1.47 bits per heavy atom. The molecule has 0 saturated heterocycles. The topological polar surface area (TPSA) is 38.7 Å². The first-order valence-corrected chi connectivity index (χ1v) is 6.36. The highest BCUT2D eigenvalue weighted by atomic mass is 79.9. The molecule has 1 aliphatic carbocycles. The molecule has 1 aromatic rings. The van der Waals surface area contributed by atoms with Crippen LogP contribution in [-0.4, -0.2) is 13.2 Å². The molecule has 0 aliphatic heterocycles. The van der Waals surface area contributed by atoms with E-state index in [2.05, 4.69) is 20.9 Å². The summed E-state index contributed by atoms with van der Waals surface area (Å²) in [4.78, 5) is 14.6. The van der Waals surface area contributed by atoms with Gasteiger partial charge in [-0.25, -0.2) is 4.79 Å². The highest BCUT2D eigenvalue weighted by Gasteiger charge is 2.41. The van der Waals surface area contributed by atoms with Crippen LogP contribution in [0.4, 0.5) is 0 Å². The van der Waals surface area contributed by atoms with Crippen molar-refractivity contribution in [3.05, 3.63) is 27.7 Å². The van der Waals surface area contributed by atoms with Crippen LogP contribution < -0.4 is 4.74 Å². The van der Waals surface area contributed by atoms with Gasteiger partial charge in [0.2, 0.25) is 6.08 Å². The maximum Gasteiger partial charge on any atom is 0.235 e. The van der Waals surface area contributed by atoms with Gasteiger partial charge in [0.25, 0.3) is 0 Å². The van der Waals surface area contributed by atoms with Gasteiger partial charge in [-0.3, -0.25) is 0 Å². The maximum atomic E-state index is 10.6. The summed E-state index contributed by atoms with van der Waals surface area (Å²) in [6.07, 6.45) is 4.55. The summed E-state index contributed by atoms with van der Waals surface area (Å²) in [6, 6.07) is 4.02. The second kappa shape index (κ2) is 4.63. The summed E-state index contributed by atoms with van der Waals surface area (Å²) < 4.78 is 6.38. The van der Waals surface area contributed by atoms with Crippen LogP contribution in [0.25, 0.3) is 0 Å². The highest BCUT2D eigenvalue weighted by molar-refractivity contribution is 9.10. The van der Waals surface area contributed by atoms with E-state index in [-0.39, 0.29) is 0 Å². The first-order chi connectivity index (χ1) is 8.14. The standard InChI is InChI=1S/C13H14BrNO2/c1-9-4-5-10(12(17-2)11(9)14)13(15-8-16)6-3-7-13/h4-5H,3,6-7H2,1-2H3. The second-order valence-corrected chi connectivity index (χ2v) is 5.16. The normalized spacial score (nSPS) is 16.9. The lowest BCUT2D eigenvalue weighted by atomic mass is 9.72. The van der Waals surface area contributed by atoms with Crippen molar-refractivity contribution in [3.8, 4) is 5.75 Å². The van der Waals surface area contributed by atoms with E-state index >= 15 is 0 Å². The minimum Gasteiger partial charge on any atom is -0.495 e. The molecule has 1 aromatic carbocycles. The monoisotopic (exact) mass is 295 g/mol. The van der Waals surface area contributed by atoms with Gasteiger partial charge in [0.05, 0.1) is 11.6 Å². The zero-order chi connectivity index (χ0) is 12.5. The van der Waals surface area contributed by atoms with Crippen LogP contribution >= 0.6 is 15.9 Å². The summed E-state index contributed by atoms with van der Waals surface area (Å²) in [5, 5.41) is 0. The smallest absolute Gasteiger partial charge is 0.235 e. The average Bonchev–Trinajstić information content (AvgIpc) is 2.27. The predicted molar refractivity (Wildman–Crippen MR) is 69.1 cm³/mol. The molecular weight excluding hydrogens is 282 g/mol. The minimum absolute atomic E-state index is 0.413. The molecule has 0 aromatic heterocycles. The number of isocyanates is 1. The van der Waals surface area contributed by atoms with E-state index in [1.807, 2.05) is 19.1 Å². The summed E-state index contributed by atoms with van der Waals surface area (Å²) >= 11 is 3.52. The predicted octanol–water partition coefficient (Wildman–Crippen LogP) is 3.48. The van der Waals surface area contributed by atoms with Crippen LogP contribution in [0.2, 0.25) is 0 Å².